The quantitative estimate of drug-likeness (QED) is 0.0964. The summed E-state index contributed by atoms with van der Waals surface area (Å²) in [6.45, 7) is 5.64. The van der Waals surface area contributed by atoms with Crippen molar-refractivity contribution in [1.82, 2.24) is 28.7 Å². The number of pyridine rings is 6. The number of imidazole rings is 3. The predicted molar refractivity (Wildman–Crippen MR) is 278 cm³/mol. The summed E-state index contributed by atoms with van der Waals surface area (Å²) >= 11 is 0. The van der Waals surface area contributed by atoms with Crippen LogP contribution in [0.25, 0.3) is 90.0 Å². The van der Waals surface area contributed by atoms with Gasteiger partial charge >= 0.3 is 0 Å². The Kier molecular flexibility index (Phi) is 14.1. The van der Waals surface area contributed by atoms with Gasteiger partial charge in [-0.05, 0) is 79.9 Å². The van der Waals surface area contributed by atoms with E-state index in [-0.39, 0.29) is 0 Å². The van der Waals surface area contributed by atoms with Crippen LogP contribution in [0.2, 0.25) is 0 Å². The molecule has 2 aromatic carbocycles. The summed E-state index contributed by atoms with van der Waals surface area (Å²) in [5.41, 5.74) is 12.6. The molecule has 9 aromatic heterocycles. The van der Waals surface area contributed by atoms with E-state index < -0.39 is 23.8 Å². The van der Waals surface area contributed by atoms with Crippen LogP contribution in [0.3, 0.4) is 0 Å². The average Bonchev–Trinajstić information content (AvgIpc) is 3.95. The van der Waals surface area contributed by atoms with E-state index in [0.717, 1.165) is 33.7 Å². The first-order valence-corrected chi connectivity index (χ1v) is 24.3. The van der Waals surface area contributed by atoms with E-state index in [2.05, 4.69) is 99.3 Å². The molecule has 11 aromatic rings. The number of hydrogen-bond acceptors (Lipinski definition) is 3. The Morgan fingerprint density at radius 3 is 1.25 bits per heavy atom. The molecule has 0 aliphatic heterocycles. The number of rotatable bonds is 6. The Hall–Kier alpha value is -8.79. The van der Waals surface area contributed by atoms with Gasteiger partial charge in [-0.1, -0.05) is 24.3 Å². The number of hydrogen-bond donors (Lipinski definition) is 0. The molecule has 12 nitrogen and oxygen atoms in total. The summed E-state index contributed by atoms with van der Waals surface area (Å²) in [7, 11) is 17.3. The molecule has 378 valence electrons. The smallest absolute Gasteiger partial charge is 0.263 e. The lowest BCUT2D eigenvalue weighted by Gasteiger charge is -2.10. The summed E-state index contributed by atoms with van der Waals surface area (Å²) in [6.07, 6.45) is 13.3. The van der Waals surface area contributed by atoms with Gasteiger partial charge in [-0.15, -0.1) is 0 Å². The van der Waals surface area contributed by atoms with E-state index >= 15 is 0 Å². The predicted octanol–water partition coefficient (Wildman–Crippen LogP) is 8.00. The molecule has 0 bridgehead atoms. The maximum Gasteiger partial charge on any atom is 0.294 e. The van der Waals surface area contributed by atoms with Gasteiger partial charge in [-0.25, -0.2) is 41.1 Å². The molecule has 0 radical (unpaired) electrons. The lowest BCUT2D eigenvalue weighted by atomic mass is 10.0. The standard InChI is InChI=1S/C21H20F2N4.C21H22N4.C17H18F2N4/c1-13-17(16-11-7-8-12-25(16)2)19(22)24-20(23)18(13)21-26(3)14-9-5-6-10-15(14)27(21)4;1-15-16(18-9-7-8-12-23(18)2)13-22-14-17(15)21-24(3)19-10-5-6-11-20(19)25(21)4;1-11-13(12-7-5-6-8-21(12)2)15(18)20-16(19)14(11)17-22(3)9-10-23(17)4/h5-12H,1-4H3;5-14H,1-4H3;5-10H,1-4H3/q3*+2. The van der Waals surface area contributed by atoms with Crippen LogP contribution >= 0.6 is 0 Å². The van der Waals surface area contributed by atoms with Crippen LogP contribution in [0.15, 0.2) is 147 Å². The lowest BCUT2D eigenvalue weighted by Crippen LogP contribution is -2.32. The van der Waals surface area contributed by atoms with Crippen molar-refractivity contribution in [3.8, 4) is 67.9 Å². The van der Waals surface area contributed by atoms with Gasteiger partial charge in [-0.3, -0.25) is 4.98 Å². The van der Waals surface area contributed by atoms with Crippen molar-refractivity contribution in [2.45, 2.75) is 20.8 Å². The highest BCUT2D eigenvalue weighted by atomic mass is 19.1. The van der Waals surface area contributed by atoms with Crippen molar-refractivity contribution < 1.29 is 45.0 Å². The van der Waals surface area contributed by atoms with E-state index in [1.165, 1.54) is 16.6 Å². The van der Waals surface area contributed by atoms with Gasteiger partial charge in [0.2, 0.25) is 40.9 Å². The molecule has 9 heterocycles. The zero-order valence-corrected chi connectivity index (χ0v) is 44.2. The zero-order valence-electron chi connectivity index (χ0n) is 44.2. The van der Waals surface area contributed by atoms with E-state index in [0.29, 0.717) is 56.4 Å². The third-order valence-electron chi connectivity index (χ3n) is 14.2. The number of fused-ring (bicyclic) bond motifs is 2. The minimum Gasteiger partial charge on any atom is -0.263 e. The first-order chi connectivity index (χ1) is 35.9. The van der Waals surface area contributed by atoms with Gasteiger partial charge in [0.15, 0.2) is 40.7 Å². The van der Waals surface area contributed by atoms with Gasteiger partial charge in [0.05, 0.1) is 53.4 Å². The van der Waals surface area contributed by atoms with Crippen molar-refractivity contribution in [3.63, 3.8) is 0 Å². The third-order valence-corrected chi connectivity index (χ3v) is 14.2. The molecule has 0 saturated heterocycles. The largest absolute Gasteiger partial charge is 0.294 e. The molecular formula is C59H60F4N12+6. The fourth-order valence-electron chi connectivity index (χ4n) is 10.4. The molecular weight excluding hydrogens is 953 g/mol. The highest BCUT2D eigenvalue weighted by Gasteiger charge is 2.33. The SMILES string of the molecule is Cc1c(-c2cccc[n+]2C)c(F)nc(F)c1-c1n(C)c2ccccc2[n+]1C.Cc1c(-c2cccc[n+]2C)c(F)nc(F)c1-c1n(C)cc[n+]1C.Cc1c(-c2cccc[n+]2C)cncc1-c1n(C)c2ccccc2[n+]1C. The summed E-state index contributed by atoms with van der Waals surface area (Å²) in [5, 5.41) is 0. The summed E-state index contributed by atoms with van der Waals surface area (Å²) in [4.78, 5) is 11.7. The second kappa shape index (κ2) is 20.6. The molecule has 0 N–H and O–H groups in total. The number of aromatic nitrogens is 12. The summed E-state index contributed by atoms with van der Waals surface area (Å²) in [6, 6.07) is 33.5. The van der Waals surface area contributed by atoms with Gasteiger partial charge < -0.3 is 0 Å². The molecule has 0 saturated carbocycles. The highest BCUT2D eigenvalue weighted by molar-refractivity contribution is 5.80. The maximum atomic E-state index is 14.9. The van der Waals surface area contributed by atoms with Crippen LogP contribution < -0.4 is 27.4 Å². The van der Waals surface area contributed by atoms with Crippen LogP contribution in [0.5, 0.6) is 0 Å². The van der Waals surface area contributed by atoms with Crippen LogP contribution in [0.1, 0.15) is 16.7 Å². The van der Waals surface area contributed by atoms with Gasteiger partial charge in [0.25, 0.3) is 17.5 Å². The molecule has 0 spiro atoms. The average molecular weight is 1010 g/mol. The number of aryl methyl sites for hydroxylation is 9. The molecule has 11 rings (SSSR count). The topological polar surface area (TPSA) is 76.7 Å². The van der Waals surface area contributed by atoms with Gasteiger partial charge in [0, 0.05) is 48.8 Å². The van der Waals surface area contributed by atoms with E-state index in [9.17, 15) is 17.6 Å². The Bertz CT molecular complexity index is 3910. The molecule has 16 heteroatoms. The van der Waals surface area contributed by atoms with Crippen LogP contribution in [0.4, 0.5) is 17.6 Å². The highest BCUT2D eigenvalue weighted by Crippen LogP contribution is 2.35. The molecule has 0 aliphatic carbocycles. The van der Waals surface area contributed by atoms with Crippen LogP contribution in [0, 0.1) is 44.6 Å². The number of nitrogens with zero attached hydrogens (tertiary/aromatic N) is 12. The summed E-state index contributed by atoms with van der Waals surface area (Å²) < 4.78 is 76.1. The van der Waals surface area contributed by atoms with Crippen molar-refractivity contribution >= 4 is 22.1 Å². The number of para-hydroxylation sites is 4. The van der Waals surface area contributed by atoms with E-state index in [4.69, 9.17) is 0 Å². The minimum absolute atomic E-state index is 0.302. The zero-order chi connectivity index (χ0) is 53.6. The molecule has 0 fully saturated rings. The van der Waals surface area contributed by atoms with Crippen molar-refractivity contribution in [2.24, 2.45) is 63.4 Å². The lowest BCUT2D eigenvalue weighted by molar-refractivity contribution is -0.660. The minimum atomic E-state index is -0.811. The Balaban J connectivity index is 0.000000138. The van der Waals surface area contributed by atoms with Crippen LogP contribution in [-0.4, -0.2) is 28.7 Å². The molecule has 75 heavy (non-hydrogen) atoms. The number of halogens is 4. The van der Waals surface area contributed by atoms with Crippen molar-refractivity contribution in [1.29, 1.82) is 0 Å². The van der Waals surface area contributed by atoms with E-state index in [1.54, 1.807) is 44.2 Å². The molecule has 0 aliphatic rings. The van der Waals surface area contributed by atoms with Crippen LogP contribution in [-0.2, 0) is 63.4 Å². The second-order valence-corrected chi connectivity index (χ2v) is 18.8. The number of benzene rings is 2. The molecule has 0 atom stereocenters. The fraction of sp³-hybridized carbons (Fsp3) is 0.203. The Morgan fingerprint density at radius 2 is 0.800 bits per heavy atom. The van der Waals surface area contributed by atoms with E-state index in [1.807, 2.05) is 143 Å². The van der Waals surface area contributed by atoms with Gasteiger partial charge in [0.1, 0.15) is 55.8 Å². The monoisotopic (exact) mass is 1010 g/mol. The third kappa shape index (κ3) is 9.10. The second-order valence-electron chi connectivity index (χ2n) is 18.8. The van der Waals surface area contributed by atoms with Gasteiger partial charge in [-0.2, -0.15) is 27.5 Å². The Labute approximate surface area is 433 Å². The van der Waals surface area contributed by atoms with Crippen molar-refractivity contribution in [3.05, 3.63) is 187 Å². The molecule has 0 unspecified atom stereocenters. The first kappa shape index (κ1) is 51.1. The van der Waals surface area contributed by atoms with Crippen molar-refractivity contribution in [2.75, 3.05) is 0 Å². The molecule has 0 amide bonds. The maximum absolute atomic E-state index is 14.9. The Morgan fingerprint density at radius 1 is 0.400 bits per heavy atom. The first-order valence-electron chi connectivity index (χ1n) is 24.3. The normalized spacial score (nSPS) is 11.2. The fourth-order valence-corrected chi connectivity index (χ4v) is 10.4. The summed E-state index contributed by atoms with van der Waals surface area (Å²) in [5.74, 6) is -0.801.